The lowest BCUT2D eigenvalue weighted by atomic mass is 9.99. The fourth-order valence-electron chi connectivity index (χ4n) is 8.31. The number of rotatable bonds is 49. The molecule has 1 unspecified atom stereocenters. The van der Waals surface area contributed by atoms with E-state index in [1.807, 2.05) is 0 Å². The minimum Gasteiger partial charge on any atom is -0.462 e. The van der Waals surface area contributed by atoms with Crippen LogP contribution in [0.2, 0.25) is 0 Å². The van der Waals surface area contributed by atoms with Gasteiger partial charge in [0.05, 0.1) is 0 Å². The molecule has 362 valence electrons. The summed E-state index contributed by atoms with van der Waals surface area (Å²) in [5, 5.41) is 0. The van der Waals surface area contributed by atoms with E-state index in [0.29, 0.717) is 19.3 Å². The first kappa shape index (κ1) is 59.4. The first-order valence-corrected chi connectivity index (χ1v) is 27.3. The van der Waals surface area contributed by atoms with Gasteiger partial charge in [-0.1, -0.05) is 266 Å². The van der Waals surface area contributed by atoms with Gasteiger partial charge in [0.2, 0.25) is 0 Å². The predicted molar refractivity (Wildman–Crippen MR) is 261 cm³/mol. The van der Waals surface area contributed by atoms with E-state index in [0.717, 1.165) is 69.6 Å². The van der Waals surface area contributed by atoms with E-state index < -0.39 is 6.10 Å². The Hall–Kier alpha value is -1.59. The van der Waals surface area contributed by atoms with Crippen LogP contribution in [-0.4, -0.2) is 37.2 Å². The maximum atomic E-state index is 12.8. The molecule has 0 spiro atoms. The normalized spacial score (nSPS) is 12.5. The van der Waals surface area contributed by atoms with Crippen LogP contribution in [0, 0.1) is 11.8 Å². The average Bonchev–Trinajstić information content (AvgIpc) is 3.24. The van der Waals surface area contributed by atoms with Crippen LogP contribution in [0.25, 0.3) is 0 Å². The van der Waals surface area contributed by atoms with Gasteiger partial charge < -0.3 is 14.2 Å². The fourth-order valence-corrected chi connectivity index (χ4v) is 8.31. The molecule has 2 atom stereocenters. The Morgan fingerprint density at radius 3 is 0.934 bits per heavy atom. The number of hydrogen-bond donors (Lipinski definition) is 0. The minimum atomic E-state index is -0.762. The molecule has 0 saturated heterocycles. The third-order valence-electron chi connectivity index (χ3n) is 12.8. The number of ether oxygens (including phenoxy) is 3. The lowest BCUT2D eigenvalue weighted by Gasteiger charge is -2.18. The Kier molecular flexibility index (Phi) is 46.6. The molecule has 0 fully saturated rings. The Labute approximate surface area is 380 Å². The van der Waals surface area contributed by atoms with E-state index in [2.05, 4.69) is 34.6 Å². The third-order valence-corrected chi connectivity index (χ3v) is 12.8. The van der Waals surface area contributed by atoms with Crippen molar-refractivity contribution in [1.82, 2.24) is 0 Å². The Bertz CT molecular complexity index is 933. The molecule has 0 amide bonds. The van der Waals surface area contributed by atoms with Gasteiger partial charge in [-0.3, -0.25) is 14.4 Å². The van der Waals surface area contributed by atoms with Crippen molar-refractivity contribution in [1.29, 1.82) is 0 Å². The second-order valence-corrected chi connectivity index (χ2v) is 19.6. The number of carbonyl (C=O) groups is 3. The van der Waals surface area contributed by atoms with Gasteiger partial charge in [0, 0.05) is 19.3 Å². The zero-order chi connectivity index (χ0) is 44.7. The molecule has 6 heteroatoms. The van der Waals surface area contributed by atoms with Crippen molar-refractivity contribution in [2.24, 2.45) is 11.8 Å². The average molecular weight is 863 g/mol. The summed E-state index contributed by atoms with van der Waals surface area (Å²) in [5.74, 6) is 0.850. The van der Waals surface area contributed by atoms with Crippen LogP contribution in [0.1, 0.15) is 304 Å². The molecule has 0 heterocycles. The standard InChI is InChI=1S/C55H106O6/c1-6-8-9-10-11-12-13-14-15-16-19-25-30-35-40-45-53(56)59-48-52(61-55(58)47-42-37-32-27-22-21-24-29-34-39-44-51(5)7-2)49-60-54(57)46-41-36-31-26-20-17-18-23-28-33-38-43-50(3)4/h50-52H,6-49H2,1-5H3/t51?,52-/m0/s1. The highest BCUT2D eigenvalue weighted by molar-refractivity contribution is 5.71. The zero-order valence-corrected chi connectivity index (χ0v) is 41.8. The second-order valence-electron chi connectivity index (χ2n) is 19.6. The van der Waals surface area contributed by atoms with Crippen molar-refractivity contribution < 1.29 is 28.6 Å². The highest BCUT2D eigenvalue weighted by atomic mass is 16.6. The molecular formula is C55H106O6. The summed E-state index contributed by atoms with van der Waals surface area (Å²) in [6.07, 6.45) is 49.4. The van der Waals surface area contributed by atoms with Crippen molar-refractivity contribution in [3.05, 3.63) is 0 Å². The summed E-state index contributed by atoms with van der Waals surface area (Å²) in [5.41, 5.74) is 0. The van der Waals surface area contributed by atoms with E-state index in [9.17, 15) is 14.4 Å². The van der Waals surface area contributed by atoms with Crippen LogP contribution >= 0.6 is 0 Å². The van der Waals surface area contributed by atoms with E-state index in [4.69, 9.17) is 14.2 Å². The summed E-state index contributed by atoms with van der Waals surface area (Å²) in [6, 6.07) is 0. The van der Waals surface area contributed by atoms with Crippen LogP contribution in [0.4, 0.5) is 0 Å². The number of carbonyl (C=O) groups excluding carboxylic acids is 3. The molecule has 0 aliphatic heterocycles. The lowest BCUT2D eigenvalue weighted by molar-refractivity contribution is -0.167. The Morgan fingerprint density at radius 2 is 0.623 bits per heavy atom. The van der Waals surface area contributed by atoms with Gasteiger partial charge in [-0.15, -0.1) is 0 Å². The highest BCUT2D eigenvalue weighted by Gasteiger charge is 2.19. The number of unbranched alkanes of at least 4 members (excludes halogenated alkanes) is 33. The minimum absolute atomic E-state index is 0.0633. The maximum absolute atomic E-state index is 12.8. The number of esters is 3. The zero-order valence-electron chi connectivity index (χ0n) is 41.8. The lowest BCUT2D eigenvalue weighted by Crippen LogP contribution is -2.30. The fraction of sp³-hybridized carbons (Fsp3) is 0.945. The SMILES string of the molecule is CCCCCCCCCCCCCCCCCC(=O)OC[C@@H](COC(=O)CCCCCCCCCCCCCC(C)C)OC(=O)CCCCCCCCCCCCC(C)CC. The molecule has 6 nitrogen and oxygen atoms in total. The second kappa shape index (κ2) is 47.9. The highest BCUT2D eigenvalue weighted by Crippen LogP contribution is 2.18. The largest absolute Gasteiger partial charge is 0.462 e. The maximum Gasteiger partial charge on any atom is 0.306 e. The number of hydrogen-bond acceptors (Lipinski definition) is 6. The summed E-state index contributed by atoms with van der Waals surface area (Å²) < 4.78 is 16.9. The van der Waals surface area contributed by atoms with Crippen molar-refractivity contribution in [3.8, 4) is 0 Å². The topological polar surface area (TPSA) is 78.9 Å². The van der Waals surface area contributed by atoms with Crippen LogP contribution in [-0.2, 0) is 28.6 Å². The molecule has 0 saturated carbocycles. The smallest absolute Gasteiger partial charge is 0.306 e. The van der Waals surface area contributed by atoms with Gasteiger partial charge in [-0.05, 0) is 31.1 Å². The van der Waals surface area contributed by atoms with Gasteiger partial charge in [0.25, 0.3) is 0 Å². The summed E-state index contributed by atoms with van der Waals surface area (Å²) in [7, 11) is 0. The first-order chi connectivity index (χ1) is 29.8. The molecule has 0 aromatic rings. The van der Waals surface area contributed by atoms with E-state index >= 15 is 0 Å². The van der Waals surface area contributed by atoms with Crippen LogP contribution in [0.5, 0.6) is 0 Å². The van der Waals surface area contributed by atoms with Gasteiger partial charge in [-0.25, -0.2) is 0 Å². The van der Waals surface area contributed by atoms with Gasteiger partial charge in [0.1, 0.15) is 13.2 Å². The predicted octanol–water partition coefficient (Wildman–Crippen LogP) is 17.7. The molecule has 0 rings (SSSR count). The van der Waals surface area contributed by atoms with Crippen molar-refractivity contribution in [2.75, 3.05) is 13.2 Å². The quantitative estimate of drug-likeness (QED) is 0.0344. The van der Waals surface area contributed by atoms with Crippen molar-refractivity contribution in [3.63, 3.8) is 0 Å². The molecule has 0 aliphatic carbocycles. The van der Waals surface area contributed by atoms with Crippen molar-refractivity contribution in [2.45, 2.75) is 310 Å². The molecule has 0 radical (unpaired) electrons. The Morgan fingerprint density at radius 1 is 0.344 bits per heavy atom. The van der Waals surface area contributed by atoms with Gasteiger partial charge >= 0.3 is 17.9 Å². The molecule has 61 heavy (non-hydrogen) atoms. The van der Waals surface area contributed by atoms with Crippen LogP contribution < -0.4 is 0 Å². The van der Waals surface area contributed by atoms with Crippen LogP contribution in [0.3, 0.4) is 0 Å². The Balaban J connectivity index is 4.32. The molecule has 0 aromatic carbocycles. The third kappa shape index (κ3) is 47.7. The van der Waals surface area contributed by atoms with Crippen molar-refractivity contribution >= 4 is 17.9 Å². The van der Waals surface area contributed by atoms with Gasteiger partial charge in [-0.2, -0.15) is 0 Å². The molecule has 0 aliphatic rings. The van der Waals surface area contributed by atoms with Gasteiger partial charge in [0.15, 0.2) is 6.10 Å². The molecule has 0 aromatic heterocycles. The summed E-state index contributed by atoms with van der Waals surface area (Å²) in [6.45, 7) is 11.4. The molecule has 0 bridgehead atoms. The van der Waals surface area contributed by atoms with Crippen LogP contribution in [0.15, 0.2) is 0 Å². The van der Waals surface area contributed by atoms with E-state index in [1.54, 1.807) is 0 Å². The first-order valence-electron chi connectivity index (χ1n) is 27.3. The summed E-state index contributed by atoms with van der Waals surface area (Å²) in [4.78, 5) is 38.0. The van der Waals surface area contributed by atoms with E-state index in [-0.39, 0.29) is 31.1 Å². The molecular weight excluding hydrogens is 757 g/mol. The monoisotopic (exact) mass is 863 g/mol. The summed E-state index contributed by atoms with van der Waals surface area (Å²) >= 11 is 0. The van der Waals surface area contributed by atoms with E-state index in [1.165, 1.54) is 193 Å². The molecule has 0 N–H and O–H groups in total.